The molecule has 0 bridgehead atoms. The van der Waals surface area contributed by atoms with Crippen molar-refractivity contribution >= 4 is 27.3 Å². The van der Waals surface area contributed by atoms with Gasteiger partial charge in [-0.05, 0) is 66.3 Å². The van der Waals surface area contributed by atoms with E-state index in [-0.39, 0.29) is 0 Å². The maximum Gasteiger partial charge on any atom is 0.188 e. The normalized spacial score (nSPS) is 23.1. The molecule has 1 N–H and O–H groups in total. The number of nitrogens with zero attached hydrogens (tertiary/aromatic N) is 1. The average molecular weight is 345 g/mol. The Morgan fingerprint density at radius 3 is 2.89 bits per heavy atom. The molecule has 106 valence electrons. The molecular weight excluding hydrogens is 324 g/mol. The summed E-state index contributed by atoms with van der Waals surface area (Å²) in [5.41, 5.74) is 0.601. The van der Waals surface area contributed by atoms with E-state index in [9.17, 15) is 0 Å². The fourth-order valence-electron chi connectivity index (χ4n) is 3.36. The lowest BCUT2D eigenvalue weighted by Gasteiger charge is -2.33. The SMILES string of the molecule is COc1sc(CN2CCC3(CCNCC3)C2)cc1Br. The number of thiophene rings is 1. The molecule has 0 aliphatic carbocycles. The number of halogens is 1. The number of piperidine rings is 1. The first-order chi connectivity index (χ1) is 9.21. The number of ether oxygens (including phenoxy) is 1. The molecule has 2 aliphatic rings. The summed E-state index contributed by atoms with van der Waals surface area (Å²) in [5.74, 6) is 0. The van der Waals surface area contributed by atoms with Crippen LogP contribution in [0.2, 0.25) is 0 Å². The van der Waals surface area contributed by atoms with Crippen molar-refractivity contribution in [2.24, 2.45) is 5.41 Å². The molecule has 2 saturated heterocycles. The first-order valence-electron chi connectivity index (χ1n) is 6.96. The second-order valence-electron chi connectivity index (χ2n) is 5.76. The maximum absolute atomic E-state index is 5.34. The van der Waals surface area contributed by atoms with E-state index in [1.165, 1.54) is 50.3 Å². The maximum atomic E-state index is 5.34. The number of rotatable bonds is 3. The molecule has 19 heavy (non-hydrogen) atoms. The van der Waals surface area contributed by atoms with Crippen molar-refractivity contribution in [3.05, 3.63) is 15.4 Å². The van der Waals surface area contributed by atoms with Crippen LogP contribution in [0.15, 0.2) is 10.5 Å². The molecule has 0 aromatic carbocycles. The Bertz CT molecular complexity index is 443. The van der Waals surface area contributed by atoms with E-state index in [0.717, 1.165) is 16.1 Å². The van der Waals surface area contributed by atoms with Gasteiger partial charge in [0.05, 0.1) is 11.6 Å². The molecule has 1 aromatic rings. The van der Waals surface area contributed by atoms with Gasteiger partial charge in [0.1, 0.15) is 0 Å². The molecule has 3 rings (SSSR count). The van der Waals surface area contributed by atoms with Crippen molar-refractivity contribution in [2.45, 2.75) is 25.8 Å². The zero-order valence-electron chi connectivity index (χ0n) is 11.4. The topological polar surface area (TPSA) is 24.5 Å². The van der Waals surface area contributed by atoms with Gasteiger partial charge in [0.2, 0.25) is 0 Å². The molecule has 0 unspecified atom stereocenters. The fraction of sp³-hybridized carbons (Fsp3) is 0.714. The van der Waals surface area contributed by atoms with Gasteiger partial charge >= 0.3 is 0 Å². The van der Waals surface area contributed by atoms with E-state index in [4.69, 9.17) is 4.74 Å². The predicted octanol–water partition coefficient (Wildman–Crippen LogP) is 3.09. The molecule has 0 atom stereocenters. The van der Waals surface area contributed by atoms with Crippen LogP contribution in [0.5, 0.6) is 5.06 Å². The summed E-state index contributed by atoms with van der Waals surface area (Å²) in [6, 6.07) is 2.21. The van der Waals surface area contributed by atoms with Gasteiger partial charge in [-0.15, -0.1) is 11.3 Å². The van der Waals surface area contributed by atoms with Crippen molar-refractivity contribution in [2.75, 3.05) is 33.3 Å². The highest BCUT2D eigenvalue weighted by atomic mass is 79.9. The largest absolute Gasteiger partial charge is 0.486 e. The Balaban J connectivity index is 1.61. The number of likely N-dealkylation sites (tertiary alicyclic amines) is 1. The van der Waals surface area contributed by atoms with Gasteiger partial charge in [0, 0.05) is 18.0 Å². The van der Waals surface area contributed by atoms with Crippen LogP contribution in [-0.4, -0.2) is 38.2 Å². The third kappa shape index (κ3) is 2.99. The summed E-state index contributed by atoms with van der Waals surface area (Å²) in [7, 11) is 1.74. The fourth-order valence-corrected chi connectivity index (χ4v) is 5.10. The summed E-state index contributed by atoms with van der Waals surface area (Å²) >= 11 is 5.31. The Kier molecular flexibility index (Phi) is 4.17. The highest BCUT2D eigenvalue weighted by Crippen LogP contribution is 2.40. The second-order valence-corrected chi connectivity index (χ2v) is 7.72. The lowest BCUT2D eigenvalue weighted by atomic mass is 9.78. The van der Waals surface area contributed by atoms with Gasteiger partial charge in [-0.2, -0.15) is 0 Å². The molecule has 2 aliphatic heterocycles. The van der Waals surface area contributed by atoms with Gasteiger partial charge in [-0.1, -0.05) is 0 Å². The Morgan fingerprint density at radius 1 is 1.42 bits per heavy atom. The molecule has 0 amide bonds. The summed E-state index contributed by atoms with van der Waals surface area (Å²) in [6.45, 7) is 5.99. The van der Waals surface area contributed by atoms with E-state index in [1.807, 2.05) is 0 Å². The van der Waals surface area contributed by atoms with E-state index in [0.29, 0.717) is 5.41 Å². The van der Waals surface area contributed by atoms with Gasteiger partial charge in [0.25, 0.3) is 0 Å². The quantitative estimate of drug-likeness (QED) is 0.911. The van der Waals surface area contributed by atoms with Gasteiger partial charge in [0.15, 0.2) is 5.06 Å². The smallest absolute Gasteiger partial charge is 0.188 e. The van der Waals surface area contributed by atoms with Crippen LogP contribution in [0.1, 0.15) is 24.1 Å². The van der Waals surface area contributed by atoms with E-state index in [2.05, 4.69) is 32.2 Å². The minimum Gasteiger partial charge on any atom is -0.486 e. The van der Waals surface area contributed by atoms with Crippen molar-refractivity contribution in [1.29, 1.82) is 0 Å². The van der Waals surface area contributed by atoms with Crippen molar-refractivity contribution in [3.8, 4) is 5.06 Å². The molecule has 3 nitrogen and oxygen atoms in total. The van der Waals surface area contributed by atoms with Gasteiger partial charge in [-0.25, -0.2) is 0 Å². The predicted molar refractivity (Wildman–Crippen MR) is 83.0 cm³/mol. The number of nitrogens with one attached hydrogen (secondary N) is 1. The molecule has 0 radical (unpaired) electrons. The zero-order chi connectivity index (χ0) is 13.3. The minimum absolute atomic E-state index is 0.601. The number of hydrogen-bond donors (Lipinski definition) is 1. The van der Waals surface area contributed by atoms with Crippen molar-refractivity contribution in [3.63, 3.8) is 0 Å². The number of methoxy groups -OCH3 is 1. The highest BCUT2D eigenvalue weighted by molar-refractivity contribution is 9.10. The lowest BCUT2D eigenvalue weighted by molar-refractivity contribution is 0.194. The van der Waals surface area contributed by atoms with E-state index < -0.39 is 0 Å². The molecule has 1 spiro atoms. The third-order valence-electron chi connectivity index (χ3n) is 4.45. The lowest BCUT2D eigenvalue weighted by Crippen LogP contribution is -2.38. The summed E-state index contributed by atoms with van der Waals surface area (Å²) in [5, 5.41) is 4.47. The Hall–Kier alpha value is -0.100. The average Bonchev–Trinajstić information content (AvgIpc) is 2.95. The minimum atomic E-state index is 0.601. The van der Waals surface area contributed by atoms with Gasteiger partial charge < -0.3 is 10.1 Å². The zero-order valence-corrected chi connectivity index (χ0v) is 13.8. The molecular formula is C14H21BrN2OS. The first-order valence-corrected chi connectivity index (χ1v) is 8.57. The highest BCUT2D eigenvalue weighted by Gasteiger charge is 2.38. The molecule has 1 aromatic heterocycles. The van der Waals surface area contributed by atoms with E-state index in [1.54, 1.807) is 18.4 Å². The summed E-state index contributed by atoms with van der Waals surface area (Å²) < 4.78 is 6.43. The standard InChI is InChI=1S/C14H21BrN2OS/c1-18-13-12(15)8-11(19-13)9-17-7-4-14(10-17)2-5-16-6-3-14/h8,16H,2-7,9-10H2,1H3. The summed E-state index contributed by atoms with van der Waals surface area (Å²) in [6.07, 6.45) is 4.07. The van der Waals surface area contributed by atoms with Crippen LogP contribution in [0.3, 0.4) is 0 Å². The first kappa shape index (κ1) is 13.9. The molecule has 2 fully saturated rings. The van der Waals surface area contributed by atoms with Crippen molar-refractivity contribution in [1.82, 2.24) is 10.2 Å². The number of hydrogen-bond acceptors (Lipinski definition) is 4. The molecule has 5 heteroatoms. The van der Waals surface area contributed by atoms with Crippen LogP contribution in [0.4, 0.5) is 0 Å². The molecule has 0 saturated carbocycles. The van der Waals surface area contributed by atoms with Crippen LogP contribution in [0, 0.1) is 5.41 Å². The van der Waals surface area contributed by atoms with Gasteiger partial charge in [-0.3, -0.25) is 4.90 Å². The van der Waals surface area contributed by atoms with Crippen LogP contribution >= 0.6 is 27.3 Å². The Morgan fingerprint density at radius 2 is 2.21 bits per heavy atom. The third-order valence-corrected chi connectivity index (χ3v) is 6.39. The Labute approximate surface area is 127 Å². The second kappa shape index (κ2) is 5.72. The van der Waals surface area contributed by atoms with Crippen LogP contribution in [-0.2, 0) is 6.54 Å². The monoisotopic (exact) mass is 344 g/mol. The summed E-state index contributed by atoms with van der Waals surface area (Å²) in [4.78, 5) is 4.01. The van der Waals surface area contributed by atoms with E-state index >= 15 is 0 Å². The van der Waals surface area contributed by atoms with Crippen LogP contribution in [0.25, 0.3) is 0 Å². The van der Waals surface area contributed by atoms with Crippen LogP contribution < -0.4 is 10.1 Å². The molecule has 3 heterocycles. The van der Waals surface area contributed by atoms with Crippen molar-refractivity contribution < 1.29 is 4.74 Å².